The highest BCUT2D eigenvalue weighted by Crippen LogP contribution is 2.34. The molecule has 1 aliphatic heterocycles. The van der Waals surface area contributed by atoms with Crippen molar-refractivity contribution >= 4 is 21.0 Å². The summed E-state index contributed by atoms with van der Waals surface area (Å²) in [5.41, 5.74) is 2.13. The van der Waals surface area contributed by atoms with Crippen LogP contribution in [0, 0.1) is 6.92 Å². The summed E-state index contributed by atoms with van der Waals surface area (Å²) in [6.45, 7) is 3.34. The summed E-state index contributed by atoms with van der Waals surface area (Å²) in [6.07, 6.45) is 0. The van der Waals surface area contributed by atoms with Crippen LogP contribution in [0.2, 0.25) is 0 Å². The van der Waals surface area contributed by atoms with Crippen LogP contribution in [0.4, 0.5) is 0 Å². The van der Waals surface area contributed by atoms with Gasteiger partial charge in [0.2, 0.25) is 15.8 Å². The van der Waals surface area contributed by atoms with E-state index in [1.54, 1.807) is 18.2 Å². The lowest BCUT2D eigenvalue weighted by Crippen LogP contribution is -2.40. The number of rotatable bonds is 4. The van der Waals surface area contributed by atoms with Crippen LogP contribution in [0.15, 0.2) is 62.4 Å². The number of nitrogens with zero attached hydrogens (tertiary/aromatic N) is 3. The number of benzene rings is 2. The molecule has 30 heavy (non-hydrogen) atoms. The fourth-order valence-corrected chi connectivity index (χ4v) is 4.96. The lowest BCUT2D eigenvalue weighted by molar-refractivity contribution is 0.0730. The predicted molar refractivity (Wildman–Crippen MR) is 109 cm³/mol. The third-order valence-electron chi connectivity index (χ3n) is 5.17. The maximum absolute atomic E-state index is 13.0. The van der Waals surface area contributed by atoms with Crippen LogP contribution >= 0.6 is 0 Å². The molecular weight excluding hydrogens is 406 g/mol. The first kappa shape index (κ1) is 19.0. The van der Waals surface area contributed by atoms with Gasteiger partial charge in [-0.3, -0.25) is 0 Å². The van der Waals surface area contributed by atoms with E-state index in [0.717, 1.165) is 11.1 Å². The fourth-order valence-electron chi connectivity index (χ4n) is 3.52. The highest BCUT2D eigenvalue weighted by Gasteiger charge is 2.28. The largest absolute Gasteiger partial charge is 0.451 e. The predicted octanol–water partition coefficient (Wildman–Crippen LogP) is 3.48. The Morgan fingerprint density at radius 1 is 1.03 bits per heavy atom. The molecule has 0 N–H and O–H groups in total. The van der Waals surface area contributed by atoms with Gasteiger partial charge >= 0.3 is 0 Å². The Balaban J connectivity index is 1.53. The fraction of sp³-hybridized carbons (Fsp3) is 0.238. The molecule has 0 amide bonds. The monoisotopic (exact) mass is 425 g/mol. The van der Waals surface area contributed by atoms with Crippen LogP contribution < -0.4 is 0 Å². The summed E-state index contributed by atoms with van der Waals surface area (Å²) in [5.74, 6) is 1.14. The van der Waals surface area contributed by atoms with Crippen LogP contribution in [0.1, 0.15) is 5.56 Å². The molecule has 0 aliphatic carbocycles. The van der Waals surface area contributed by atoms with Crippen LogP contribution in [-0.2, 0) is 14.8 Å². The summed E-state index contributed by atoms with van der Waals surface area (Å²) in [7, 11) is -3.60. The van der Waals surface area contributed by atoms with Gasteiger partial charge < -0.3 is 13.7 Å². The molecule has 2 aromatic heterocycles. The second-order valence-corrected chi connectivity index (χ2v) is 8.96. The van der Waals surface area contributed by atoms with E-state index in [4.69, 9.17) is 13.7 Å². The van der Waals surface area contributed by atoms with Crippen molar-refractivity contribution < 1.29 is 22.1 Å². The number of fused-ring (bicyclic) bond motifs is 1. The van der Waals surface area contributed by atoms with Gasteiger partial charge in [0, 0.05) is 29.6 Å². The molecule has 0 bridgehead atoms. The second kappa shape index (κ2) is 7.35. The Morgan fingerprint density at radius 2 is 1.80 bits per heavy atom. The van der Waals surface area contributed by atoms with Crippen molar-refractivity contribution in [1.29, 1.82) is 0 Å². The van der Waals surface area contributed by atoms with Crippen molar-refractivity contribution in [3.8, 4) is 23.0 Å². The van der Waals surface area contributed by atoms with Gasteiger partial charge in [-0.2, -0.15) is 9.29 Å². The first-order chi connectivity index (χ1) is 14.5. The van der Waals surface area contributed by atoms with Crippen molar-refractivity contribution in [1.82, 2.24) is 14.4 Å². The molecule has 0 unspecified atom stereocenters. The van der Waals surface area contributed by atoms with Crippen molar-refractivity contribution in [2.75, 3.05) is 26.3 Å². The molecular formula is C21H19N3O5S. The normalized spacial score (nSPS) is 15.6. The minimum absolute atomic E-state index is 0.225. The van der Waals surface area contributed by atoms with Crippen molar-refractivity contribution in [3.63, 3.8) is 0 Å². The molecule has 1 fully saturated rings. The minimum atomic E-state index is -3.60. The zero-order valence-electron chi connectivity index (χ0n) is 16.2. The zero-order valence-corrected chi connectivity index (χ0v) is 17.1. The number of hydrogen-bond acceptors (Lipinski definition) is 7. The summed E-state index contributed by atoms with van der Waals surface area (Å²) in [4.78, 5) is 4.66. The Labute approximate surface area is 173 Å². The summed E-state index contributed by atoms with van der Waals surface area (Å²) in [6, 6.07) is 14.3. The smallest absolute Gasteiger partial charge is 0.294 e. The molecule has 1 saturated heterocycles. The maximum Gasteiger partial charge on any atom is 0.294 e. The lowest BCUT2D eigenvalue weighted by Gasteiger charge is -2.26. The first-order valence-corrected chi connectivity index (χ1v) is 11.0. The van der Waals surface area contributed by atoms with E-state index in [1.807, 2.05) is 37.3 Å². The van der Waals surface area contributed by atoms with E-state index in [9.17, 15) is 8.42 Å². The number of morpholine rings is 1. The lowest BCUT2D eigenvalue weighted by atomic mass is 10.1. The molecule has 9 heteroatoms. The van der Waals surface area contributed by atoms with Crippen LogP contribution in [-0.4, -0.2) is 49.2 Å². The van der Waals surface area contributed by atoms with E-state index >= 15 is 0 Å². The van der Waals surface area contributed by atoms with E-state index in [0.29, 0.717) is 48.9 Å². The van der Waals surface area contributed by atoms with Gasteiger partial charge in [-0.25, -0.2) is 8.42 Å². The van der Waals surface area contributed by atoms with E-state index < -0.39 is 10.0 Å². The first-order valence-electron chi connectivity index (χ1n) is 9.54. The number of ether oxygens (including phenoxy) is 1. The Hall–Kier alpha value is -3.01. The highest BCUT2D eigenvalue weighted by molar-refractivity contribution is 7.89. The van der Waals surface area contributed by atoms with Crippen molar-refractivity contribution in [2.24, 2.45) is 0 Å². The maximum atomic E-state index is 13.0. The van der Waals surface area contributed by atoms with E-state index in [2.05, 4.69) is 10.1 Å². The van der Waals surface area contributed by atoms with Crippen molar-refractivity contribution in [2.45, 2.75) is 11.8 Å². The van der Waals surface area contributed by atoms with Gasteiger partial charge in [-0.1, -0.05) is 35.5 Å². The zero-order chi connectivity index (χ0) is 20.7. The number of aryl methyl sites for hydroxylation is 1. The summed E-state index contributed by atoms with van der Waals surface area (Å²) in [5, 5.41) is 4.72. The average molecular weight is 425 g/mol. The third kappa shape index (κ3) is 3.20. The quantitative estimate of drug-likeness (QED) is 0.494. The Bertz CT molecular complexity index is 1310. The third-order valence-corrected chi connectivity index (χ3v) is 7.06. The number of aromatic nitrogens is 2. The van der Waals surface area contributed by atoms with Crippen LogP contribution in [0.3, 0.4) is 0 Å². The molecule has 8 nitrogen and oxygen atoms in total. The van der Waals surface area contributed by atoms with E-state index in [1.165, 1.54) is 4.31 Å². The highest BCUT2D eigenvalue weighted by atomic mass is 32.2. The molecule has 0 spiro atoms. The minimum Gasteiger partial charge on any atom is -0.451 e. The molecule has 0 atom stereocenters. The molecule has 1 aliphatic rings. The Kier molecular flexibility index (Phi) is 4.65. The Morgan fingerprint density at radius 3 is 2.57 bits per heavy atom. The SMILES string of the molecule is Cc1c(-c2nc(-c3ccccc3)no2)oc2ccc(S(=O)(=O)N3CCOCC3)cc12. The van der Waals surface area contributed by atoms with Gasteiger partial charge in [-0.05, 0) is 25.1 Å². The summed E-state index contributed by atoms with van der Waals surface area (Å²) < 4.78 is 44.0. The van der Waals surface area contributed by atoms with Crippen molar-refractivity contribution in [3.05, 3.63) is 54.1 Å². The number of furan rings is 1. The molecule has 4 aromatic rings. The summed E-state index contributed by atoms with van der Waals surface area (Å²) >= 11 is 0. The molecule has 5 rings (SSSR count). The van der Waals surface area contributed by atoms with Crippen LogP contribution in [0.25, 0.3) is 34.0 Å². The molecule has 3 heterocycles. The van der Waals surface area contributed by atoms with Gasteiger partial charge in [0.25, 0.3) is 5.89 Å². The van der Waals surface area contributed by atoms with Gasteiger partial charge in [0.05, 0.1) is 18.1 Å². The van der Waals surface area contributed by atoms with Crippen LogP contribution in [0.5, 0.6) is 0 Å². The molecule has 0 radical (unpaired) electrons. The van der Waals surface area contributed by atoms with Gasteiger partial charge in [0.1, 0.15) is 5.58 Å². The standard InChI is InChI=1S/C21H19N3O5S/c1-14-17-13-16(30(25,26)24-9-11-27-12-10-24)7-8-18(17)28-19(14)21-22-20(23-29-21)15-5-3-2-4-6-15/h2-8,13H,9-12H2,1H3. The number of sulfonamides is 1. The van der Waals surface area contributed by atoms with E-state index in [-0.39, 0.29) is 10.8 Å². The van der Waals surface area contributed by atoms with Gasteiger partial charge in [0.15, 0.2) is 5.76 Å². The molecule has 154 valence electrons. The topological polar surface area (TPSA) is 98.7 Å². The average Bonchev–Trinajstić information content (AvgIpc) is 3.40. The van der Waals surface area contributed by atoms with Gasteiger partial charge in [-0.15, -0.1) is 0 Å². The molecule has 2 aromatic carbocycles. The number of hydrogen-bond donors (Lipinski definition) is 0. The second-order valence-electron chi connectivity index (χ2n) is 7.02. The molecule has 0 saturated carbocycles.